The summed E-state index contributed by atoms with van der Waals surface area (Å²) in [5.41, 5.74) is 3.19. The van der Waals surface area contributed by atoms with Gasteiger partial charge in [-0.2, -0.15) is 0 Å². The van der Waals surface area contributed by atoms with Crippen LogP contribution in [0.25, 0.3) is 22.0 Å². The molecule has 0 aliphatic heterocycles. The highest BCUT2D eigenvalue weighted by atomic mass is 127. The first-order valence-electron chi connectivity index (χ1n) is 7.01. The van der Waals surface area contributed by atoms with Crippen molar-refractivity contribution in [1.82, 2.24) is 15.3 Å². The van der Waals surface area contributed by atoms with Crippen molar-refractivity contribution in [2.24, 2.45) is 0 Å². The van der Waals surface area contributed by atoms with Gasteiger partial charge in [0, 0.05) is 21.4 Å². The van der Waals surface area contributed by atoms with E-state index in [1.807, 2.05) is 30.3 Å². The number of carboxylic acids is 1. The van der Waals surface area contributed by atoms with Gasteiger partial charge in [-0.25, -0.2) is 0 Å². The number of rotatable bonds is 4. The van der Waals surface area contributed by atoms with Gasteiger partial charge in [-0.3, -0.25) is 14.8 Å². The Bertz CT molecular complexity index is 868. The fourth-order valence-corrected chi connectivity index (χ4v) is 3.03. The Kier molecular flexibility index (Phi) is 4.53. The van der Waals surface area contributed by atoms with Gasteiger partial charge in [-0.05, 0) is 77.2 Å². The van der Waals surface area contributed by atoms with Crippen LogP contribution >= 0.6 is 22.6 Å². The van der Waals surface area contributed by atoms with E-state index >= 15 is 0 Å². The van der Waals surface area contributed by atoms with Crippen molar-refractivity contribution < 1.29 is 9.90 Å². The number of carbonyl (C=O) groups is 1. The normalized spacial score (nSPS) is 12.3. The lowest BCUT2D eigenvalue weighted by Crippen LogP contribution is -2.26. The predicted octanol–water partition coefficient (Wildman–Crippen LogP) is 3.25. The summed E-state index contributed by atoms with van der Waals surface area (Å²) < 4.78 is 1.10. The first-order chi connectivity index (χ1) is 11.1. The zero-order valence-electron chi connectivity index (χ0n) is 12.3. The molecule has 1 atom stereocenters. The van der Waals surface area contributed by atoms with Crippen LogP contribution in [0.2, 0.25) is 0 Å². The predicted molar refractivity (Wildman–Crippen MR) is 97.1 cm³/mol. The fourth-order valence-electron chi connectivity index (χ4n) is 2.53. The molecule has 0 bridgehead atoms. The molecule has 3 aromatic rings. The first kappa shape index (κ1) is 15.8. The van der Waals surface area contributed by atoms with Crippen LogP contribution in [0.5, 0.6) is 0 Å². The number of nitrogens with one attached hydrogen (secondary N) is 1. The van der Waals surface area contributed by atoms with Crippen molar-refractivity contribution in [3.63, 3.8) is 0 Å². The second-order valence-electron chi connectivity index (χ2n) is 5.05. The Morgan fingerprint density at radius 1 is 1.22 bits per heavy atom. The molecule has 2 heterocycles. The summed E-state index contributed by atoms with van der Waals surface area (Å²) in [4.78, 5) is 20.0. The van der Waals surface area contributed by atoms with E-state index in [4.69, 9.17) is 0 Å². The molecule has 0 aliphatic carbocycles. The lowest BCUT2D eigenvalue weighted by Gasteiger charge is -2.15. The van der Waals surface area contributed by atoms with E-state index in [9.17, 15) is 9.90 Å². The number of carboxylic acid groups (broad SMARTS) is 1. The van der Waals surface area contributed by atoms with Gasteiger partial charge in [0.25, 0.3) is 0 Å². The standard InChI is InChI=1S/C17H14IN3O2/c1-19-16(17(22)23)15-9-12(10-4-6-20-7-5-10)13-8-11(18)2-3-14(13)21-15/h2-9,16,19H,1H3,(H,22,23). The van der Waals surface area contributed by atoms with Crippen LogP contribution in [-0.4, -0.2) is 28.1 Å². The lowest BCUT2D eigenvalue weighted by molar-refractivity contribution is -0.139. The van der Waals surface area contributed by atoms with Crippen LogP contribution in [0, 0.1) is 3.57 Å². The second kappa shape index (κ2) is 6.59. The molecule has 3 rings (SSSR count). The summed E-state index contributed by atoms with van der Waals surface area (Å²) >= 11 is 2.26. The molecule has 6 heteroatoms. The van der Waals surface area contributed by atoms with Crippen LogP contribution in [0.1, 0.15) is 11.7 Å². The summed E-state index contributed by atoms with van der Waals surface area (Å²) in [7, 11) is 1.62. The quantitative estimate of drug-likeness (QED) is 0.636. The summed E-state index contributed by atoms with van der Waals surface area (Å²) in [5.74, 6) is -0.953. The van der Waals surface area contributed by atoms with Gasteiger partial charge >= 0.3 is 5.97 Å². The molecule has 2 N–H and O–H groups in total. The molecular weight excluding hydrogens is 405 g/mol. The number of aliphatic carboxylic acids is 1. The Morgan fingerprint density at radius 2 is 1.96 bits per heavy atom. The number of benzene rings is 1. The van der Waals surface area contributed by atoms with Crippen LogP contribution < -0.4 is 5.32 Å². The third-order valence-corrected chi connectivity index (χ3v) is 4.28. The smallest absolute Gasteiger partial charge is 0.326 e. The topological polar surface area (TPSA) is 75.1 Å². The molecule has 5 nitrogen and oxygen atoms in total. The van der Waals surface area contributed by atoms with Crippen LogP contribution in [0.15, 0.2) is 48.8 Å². The monoisotopic (exact) mass is 419 g/mol. The lowest BCUT2D eigenvalue weighted by atomic mass is 9.99. The molecule has 1 unspecified atom stereocenters. The SMILES string of the molecule is CNC(C(=O)O)c1cc(-c2ccncc2)c2cc(I)ccc2n1. The highest BCUT2D eigenvalue weighted by molar-refractivity contribution is 14.1. The van der Waals surface area contributed by atoms with Gasteiger partial charge < -0.3 is 10.4 Å². The molecule has 0 saturated carbocycles. The number of fused-ring (bicyclic) bond motifs is 1. The van der Waals surface area contributed by atoms with Crippen molar-refractivity contribution >= 4 is 39.5 Å². The van der Waals surface area contributed by atoms with Crippen molar-refractivity contribution in [3.05, 3.63) is 58.1 Å². The molecule has 2 aromatic heterocycles. The van der Waals surface area contributed by atoms with Gasteiger partial charge in [0.05, 0.1) is 11.2 Å². The van der Waals surface area contributed by atoms with E-state index < -0.39 is 12.0 Å². The highest BCUT2D eigenvalue weighted by Gasteiger charge is 2.21. The maximum absolute atomic E-state index is 11.5. The van der Waals surface area contributed by atoms with Crippen LogP contribution in [-0.2, 0) is 4.79 Å². The van der Waals surface area contributed by atoms with Gasteiger partial charge in [0.1, 0.15) is 6.04 Å². The first-order valence-corrected chi connectivity index (χ1v) is 8.08. The minimum absolute atomic E-state index is 0.487. The van der Waals surface area contributed by atoms with E-state index in [-0.39, 0.29) is 0 Å². The Hall–Kier alpha value is -2.06. The molecule has 0 fully saturated rings. The van der Waals surface area contributed by atoms with E-state index in [0.29, 0.717) is 5.69 Å². The van der Waals surface area contributed by atoms with Gasteiger partial charge in [0.15, 0.2) is 0 Å². The van der Waals surface area contributed by atoms with Crippen molar-refractivity contribution in [1.29, 1.82) is 0 Å². The molecule has 0 radical (unpaired) electrons. The summed E-state index contributed by atoms with van der Waals surface area (Å²) in [6.07, 6.45) is 3.45. The van der Waals surface area contributed by atoms with E-state index in [1.165, 1.54) is 0 Å². The molecule has 0 amide bonds. The summed E-state index contributed by atoms with van der Waals surface area (Å²) in [6.45, 7) is 0. The number of hydrogen-bond donors (Lipinski definition) is 2. The maximum atomic E-state index is 11.5. The van der Waals surface area contributed by atoms with Crippen molar-refractivity contribution in [2.75, 3.05) is 7.05 Å². The highest BCUT2D eigenvalue weighted by Crippen LogP contribution is 2.31. The molecule has 0 saturated heterocycles. The van der Waals surface area contributed by atoms with E-state index in [2.05, 4.69) is 43.9 Å². The minimum Gasteiger partial charge on any atom is -0.480 e. The van der Waals surface area contributed by atoms with Crippen molar-refractivity contribution in [3.8, 4) is 11.1 Å². The average Bonchev–Trinajstić information content (AvgIpc) is 2.55. The largest absolute Gasteiger partial charge is 0.480 e. The average molecular weight is 419 g/mol. The van der Waals surface area contributed by atoms with E-state index in [1.54, 1.807) is 19.4 Å². The number of hydrogen-bond acceptors (Lipinski definition) is 4. The number of aromatic nitrogens is 2. The number of pyridine rings is 2. The number of halogens is 1. The van der Waals surface area contributed by atoms with Gasteiger partial charge in [0.2, 0.25) is 0 Å². The Balaban J connectivity index is 2.30. The number of nitrogens with zero attached hydrogens (tertiary/aromatic N) is 2. The van der Waals surface area contributed by atoms with Gasteiger partial charge in [-0.1, -0.05) is 0 Å². The zero-order chi connectivity index (χ0) is 16.4. The third kappa shape index (κ3) is 3.18. The third-order valence-electron chi connectivity index (χ3n) is 3.61. The van der Waals surface area contributed by atoms with Crippen LogP contribution in [0.3, 0.4) is 0 Å². The molecule has 23 heavy (non-hydrogen) atoms. The molecule has 1 aromatic carbocycles. The molecule has 116 valence electrons. The molecule has 0 spiro atoms. The summed E-state index contributed by atoms with van der Waals surface area (Å²) in [6, 6.07) is 10.7. The fraction of sp³-hybridized carbons (Fsp3) is 0.118. The van der Waals surface area contributed by atoms with Gasteiger partial charge in [-0.15, -0.1) is 0 Å². The Labute approximate surface area is 146 Å². The van der Waals surface area contributed by atoms with Crippen LogP contribution in [0.4, 0.5) is 0 Å². The van der Waals surface area contributed by atoms with Crippen molar-refractivity contribution in [2.45, 2.75) is 6.04 Å². The van der Waals surface area contributed by atoms with E-state index in [0.717, 1.165) is 25.6 Å². The second-order valence-corrected chi connectivity index (χ2v) is 6.30. The Morgan fingerprint density at radius 3 is 2.61 bits per heavy atom. The number of likely N-dealkylation sites (N-methyl/N-ethyl adjacent to an activating group) is 1. The minimum atomic E-state index is -0.953. The maximum Gasteiger partial charge on any atom is 0.326 e. The summed E-state index contributed by atoms with van der Waals surface area (Å²) in [5, 5.41) is 13.2. The molecule has 0 aliphatic rings. The molecular formula is C17H14IN3O2. The zero-order valence-corrected chi connectivity index (χ0v) is 14.5.